The Kier molecular flexibility index (Phi) is 45.0. The van der Waals surface area contributed by atoms with Gasteiger partial charge in [0.15, 0.2) is 0 Å². The van der Waals surface area contributed by atoms with Crippen molar-refractivity contribution < 1.29 is 43.7 Å². The molecule has 0 nitrogen and oxygen atoms in total. The number of halogens is 2. The second-order valence-electron chi connectivity index (χ2n) is 1.68. The van der Waals surface area contributed by atoms with Crippen LogP contribution in [0.1, 0.15) is 13.8 Å². The molecule has 0 bridgehead atoms. The van der Waals surface area contributed by atoms with Crippen LogP contribution in [-0.4, -0.2) is 21.7 Å². The molecule has 0 amide bonds. The van der Waals surface area contributed by atoms with Crippen LogP contribution >= 0.6 is 0 Å². The zero-order valence-corrected chi connectivity index (χ0v) is 8.67. The van der Waals surface area contributed by atoms with Crippen LogP contribution in [0.25, 0.3) is 0 Å². The Labute approximate surface area is 89.0 Å². The van der Waals surface area contributed by atoms with Crippen molar-refractivity contribution in [3.63, 3.8) is 0 Å². The molecule has 0 saturated carbocycles. The van der Waals surface area contributed by atoms with E-state index in [4.69, 9.17) is 0 Å². The minimum atomic E-state index is 0. The summed E-state index contributed by atoms with van der Waals surface area (Å²) in [7, 11) is 0. The van der Waals surface area contributed by atoms with Gasteiger partial charge in [0.05, 0.1) is 0 Å². The second-order valence-corrected chi connectivity index (χ2v) is 2.26. The average Bonchev–Trinajstić information content (AvgIpc) is 1.38. The summed E-state index contributed by atoms with van der Waals surface area (Å²) in [6, 6.07) is 0. The summed E-state index contributed by atoms with van der Waals surface area (Å²) in [5.74, 6) is 0.897. The third kappa shape index (κ3) is 24.6. The van der Waals surface area contributed by atoms with Gasteiger partial charge in [-0.2, -0.15) is 0 Å². The minimum Gasteiger partial charge on any atom is -1.00 e. The van der Waals surface area contributed by atoms with Crippen molar-refractivity contribution in [2.75, 3.05) is 0 Å². The van der Waals surface area contributed by atoms with Crippen molar-refractivity contribution in [2.45, 2.75) is 18.4 Å². The maximum Gasteiger partial charge on any atom is 1.00 e. The Hall–Kier alpha value is 1.94. The Morgan fingerprint density at radius 1 is 1.25 bits per heavy atom. The molecule has 0 fully saturated rings. The first-order chi connectivity index (χ1) is 2.27. The first-order valence-corrected chi connectivity index (χ1v) is 3.06. The molecule has 0 unspecified atom stereocenters. The van der Waals surface area contributed by atoms with Gasteiger partial charge in [-0.05, 0) is 0 Å². The third-order valence-corrected chi connectivity index (χ3v) is 1.73. The zero-order valence-electron chi connectivity index (χ0n) is 5.75. The summed E-state index contributed by atoms with van der Waals surface area (Å²) in [6.07, 6.45) is 0. The van der Waals surface area contributed by atoms with Crippen LogP contribution in [0.4, 0.5) is 0 Å². The van der Waals surface area contributed by atoms with Crippen LogP contribution in [0.5, 0.6) is 0 Å². The molecule has 0 aliphatic rings. The molecule has 0 rings (SSSR count). The van der Waals surface area contributed by atoms with Crippen LogP contribution in [0.15, 0.2) is 0 Å². The molecule has 0 N–H and O–H groups in total. The summed E-state index contributed by atoms with van der Waals surface area (Å²) in [6.45, 7) is 4.46. The van der Waals surface area contributed by atoms with Crippen LogP contribution in [-0.2, 0) is 0 Å². The van der Waals surface area contributed by atoms with E-state index in [0.29, 0.717) is 0 Å². The molecule has 0 aromatic rings. The van der Waals surface area contributed by atoms with Crippen LogP contribution < -0.4 is 43.7 Å². The van der Waals surface area contributed by atoms with E-state index in [-0.39, 0.29) is 43.7 Å². The van der Waals surface area contributed by atoms with E-state index in [1.54, 1.807) is 0 Å². The number of hydrogen-bond acceptors (Lipinski definition) is 0. The van der Waals surface area contributed by atoms with Gasteiger partial charge in [-0.3, -0.25) is 0 Å². The van der Waals surface area contributed by atoms with E-state index in [1.807, 2.05) is 21.7 Å². The molecule has 4 heteroatoms. The van der Waals surface area contributed by atoms with Crippen molar-refractivity contribution in [3.05, 3.63) is 0 Å². The SMILES string of the molecule is CC(C)[CH2][Mg+].[Cl-].[Cl-].[Li+]. The van der Waals surface area contributed by atoms with Crippen molar-refractivity contribution >= 4 is 21.7 Å². The molecule has 0 aliphatic heterocycles. The van der Waals surface area contributed by atoms with Crippen LogP contribution in [0.3, 0.4) is 0 Å². The summed E-state index contributed by atoms with van der Waals surface area (Å²) >= 11 is 2.03. The van der Waals surface area contributed by atoms with Crippen molar-refractivity contribution in [2.24, 2.45) is 5.92 Å². The molecule has 42 valence electrons. The van der Waals surface area contributed by atoms with Gasteiger partial charge >= 0.3 is 64.9 Å². The average molecular weight is 159 g/mol. The molecule has 0 spiro atoms. The Bertz CT molecular complexity index is 28.0. The first-order valence-electron chi connectivity index (χ1n) is 2.06. The quantitative estimate of drug-likeness (QED) is 0.333. The number of rotatable bonds is 1. The maximum atomic E-state index is 2.23. The van der Waals surface area contributed by atoms with E-state index < -0.39 is 0 Å². The third-order valence-electron chi connectivity index (χ3n) is 0.577. The van der Waals surface area contributed by atoms with Crippen molar-refractivity contribution in [3.8, 4) is 0 Å². The van der Waals surface area contributed by atoms with E-state index in [9.17, 15) is 0 Å². The van der Waals surface area contributed by atoms with Gasteiger partial charge in [0.25, 0.3) is 0 Å². The predicted molar refractivity (Wildman–Crippen MR) is 25.4 cm³/mol. The second kappa shape index (κ2) is 16.0. The Balaban J connectivity index is -0.0000000267. The smallest absolute Gasteiger partial charge is 1.00 e. The normalized spacial score (nSPS) is 6.12. The van der Waals surface area contributed by atoms with Gasteiger partial charge in [-0.15, -0.1) is 0 Å². The Morgan fingerprint density at radius 2 is 1.38 bits per heavy atom. The zero-order chi connectivity index (χ0) is 4.28. The van der Waals surface area contributed by atoms with Crippen molar-refractivity contribution in [1.29, 1.82) is 0 Å². The summed E-state index contributed by atoms with van der Waals surface area (Å²) < 4.78 is 1.33. The molecule has 0 radical (unpaired) electrons. The van der Waals surface area contributed by atoms with Crippen molar-refractivity contribution in [1.82, 2.24) is 0 Å². The van der Waals surface area contributed by atoms with E-state index in [1.165, 1.54) is 4.55 Å². The van der Waals surface area contributed by atoms with Gasteiger partial charge in [-0.1, -0.05) is 0 Å². The summed E-state index contributed by atoms with van der Waals surface area (Å²) in [5.41, 5.74) is 0. The fourth-order valence-corrected chi connectivity index (χ4v) is 0. The Morgan fingerprint density at radius 3 is 1.38 bits per heavy atom. The monoisotopic (exact) mass is 158 g/mol. The molecule has 0 atom stereocenters. The number of hydrogen-bond donors (Lipinski definition) is 0. The van der Waals surface area contributed by atoms with Gasteiger partial charge in [0.1, 0.15) is 0 Å². The standard InChI is InChI=1S/C4H9.2ClH.Li.Mg/c1-4(2)3;;;;/h4H,1H2,2-3H3;2*1H;;/q;;;2*+1/p-2. The maximum absolute atomic E-state index is 2.23. The molecule has 0 heterocycles. The van der Waals surface area contributed by atoms with E-state index >= 15 is 0 Å². The van der Waals surface area contributed by atoms with E-state index in [0.717, 1.165) is 5.92 Å². The molecule has 8 heavy (non-hydrogen) atoms. The molecular formula is C4H9Cl2LiMg. The molecule has 0 saturated heterocycles. The first kappa shape index (κ1) is 22.5. The molecule has 0 aliphatic carbocycles. The van der Waals surface area contributed by atoms with Gasteiger partial charge in [0, 0.05) is 0 Å². The van der Waals surface area contributed by atoms with Crippen LogP contribution in [0.2, 0.25) is 4.55 Å². The largest absolute Gasteiger partial charge is 1.00 e. The summed E-state index contributed by atoms with van der Waals surface area (Å²) in [4.78, 5) is 0. The minimum absolute atomic E-state index is 0. The van der Waals surface area contributed by atoms with E-state index in [2.05, 4.69) is 13.8 Å². The van der Waals surface area contributed by atoms with Crippen LogP contribution in [0, 0.1) is 5.92 Å². The van der Waals surface area contributed by atoms with Gasteiger partial charge < -0.3 is 24.8 Å². The molecule has 0 aromatic heterocycles. The van der Waals surface area contributed by atoms with Gasteiger partial charge in [0.2, 0.25) is 0 Å². The summed E-state index contributed by atoms with van der Waals surface area (Å²) in [5, 5.41) is 0. The topological polar surface area (TPSA) is 0 Å². The predicted octanol–water partition coefficient (Wildman–Crippen LogP) is -7.76. The fourth-order valence-electron chi connectivity index (χ4n) is 0. The molecule has 0 aromatic carbocycles. The fraction of sp³-hybridized carbons (Fsp3) is 1.00. The van der Waals surface area contributed by atoms with Gasteiger partial charge in [-0.25, -0.2) is 0 Å². The molecular weight excluding hydrogens is 150 g/mol.